The van der Waals surface area contributed by atoms with E-state index in [9.17, 15) is 9.18 Å². The summed E-state index contributed by atoms with van der Waals surface area (Å²) in [5.74, 6) is 0.0625. The van der Waals surface area contributed by atoms with Gasteiger partial charge in [-0.25, -0.2) is 9.18 Å². The molecule has 3 fully saturated rings. The van der Waals surface area contributed by atoms with Crippen molar-refractivity contribution in [2.45, 2.75) is 45.0 Å². The second kappa shape index (κ2) is 2.84. The minimum atomic E-state index is -0.817. The number of hydrogen-bond acceptors (Lipinski definition) is 2. The number of fused-ring (bicyclic) bond motifs is 1. The molecule has 0 aromatic rings. The van der Waals surface area contributed by atoms with Crippen molar-refractivity contribution < 1.29 is 13.9 Å². The predicted molar refractivity (Wildman–Crippen MR) is 49.7 cm³/mol. The first kappa shape index (κ1) is 9.74. The Morgan fingerprint density at radius 3 is 2.50 bits per heavy atom. The largest absolute Gasteiger partial charge is 0.444 e. The van der Waals surface area contributed by atoms with Gasteiger partial charge in [-0.15, -0.1) is 0 Å². The summed E-state index contributed by atoms with van der Waals surface area (Å²) in [5.41, 5.74) is -0.490. The zero-order chi connectivity index (χ0) is 10.5. The van der Waals surface area contributed by atoms with E-state index in [2.05, 4.69) is 0 Å². The lowest BCUT2D eigenvalue weighted by atomic mass is 9.84. The Labute approximate surface area is 83.2 Å². The minimum Gasteiger partial charge on any atom is -0.444 e. The normalized spacial score (nSPS) is 35.4. The maximum atomic E-state index is 13.2. The van der Waals surface area contributed by atoms with Crippen molar-refractivity contribution in [3.63, 3.8) is 0 Å². The number of rotatable bonds is 0. The molecular weight excluding hydrogens is 185 g/mol. The first-order chi connectivity index (χ1) is 6.38. The number of carbonyl (C=O) groups is 1. The average molecular weight is 201 g/mol. The maximum Gasteiger partial charge on any atom is 0.410 e. The molecule has 3 nitrogen and oxygen atoms in total. The van der Waals surface area contributed by atoms with E-state index in [1.165, 1.54) is 4.90 Å². The van der Waals surface area contributed by atoms with E-state index in [4.69, 9.17) is 4.74 Å². The molecule has 1 amide bonds. The summed E-state index contributed by atoms with van der Waals surface area (Å²) in [7, 11) is 0. The standard InChI is InChI=1S/C10H16FNO2/c1-10(2,3)14-9(13)12-5-6-4-7(12)8(6)11/h6-8H,4-5H2,1-3H3. The van der Waals surface area contributed by atoms with Gasteiger partial charge in [-0.3, -0.25) is 0 Å². The van der Waals surface area contributed by atoms with Gasteiger partial charge in [0.05, 0.1) is 6.04 Å². The van der Waals surface area contributed by atoms with E-state index in [1.807, 2.05) is 20.8 Å². The molecule has 3 aliphatic rings. The highest BCUT2D eigenvalue weighted by atomic mass is 19.1. The van der Waals surface area contributed by atoms with Crippen LogP contribution in [0, 0.1) is 5.92 Å². The Morgan fingerprint density at radius 2 is 2.14 bits per heavy atom. The van der Waals surface area contributed by atoms with Crippen LogP contribution in [-0.2, 0) is 4.74 Å². The van der Waals surface area contributed by atoms with Crippen LogP contribution < -0.4 is 0 Å². The van der Waals surface area contributed by atoms with Gasteiger partial charge in [-0.1, -0.05) is 0 Å². The van der Waals surface area contributed by atoms with E-state index in [1.54, 1.807) is 0 Å². The molecule has 4 heteroatoms. The van der Waals surface area contributed by atoms with Gasteiger partial charge in [0.2, 0.25) is 0 Å². The van der Waals surface area contributed by atoms with Crippen LogP contribution in [0.5, 0.6) is 0 Å². The highest BCUT2D eigenvalue weighted by molar-refractivity contribution is 5.70. The second-order valence-corrected chi connectivity index (χ2v) is 5.14. The van der Waals surface area contributed by atoms with Crippen LogP contribution in [-0.4, -0.2) is 35.4 Å². The number of carbonyl (C=O) groups excluding carboxylic acids is 1. The number of alkyl halides is 1. The average Bonchev–Trinajstić information content (AvgIpc) is 2.55. The summed E-state index contributed by atoms with van der Waals surface area (Å²) in [6, 6.07) is -0.213. The van der Waals surface area contributed by atoms with Crippen LogP contribution >= 0.6 is 0 Å². The van der Waals surface area contributed by atoms with Crippen LogP contribution in [0.3, 0.4) is 0 Å². The SMILES string of the molecule is CC(C)(C)OC(=O)N1CC2CC1C2F. The molecule has 1 saturated carbocycles. The summed E-state index contributed by atoms with van der Waals surface area (Å²) in [6.07, 6.45) is -0.381. The number of nitrogens with zero attached hydrogens (tertiary/aromatic N) is 1. The summed E-state index contributed by atoms with van der Waals surface area (Å²) < 4.78 is 18.3. The molecular formula is C10H16FNO2. The lowest BCUT2D eigenvalue weighted by molar-refractivity contribution is 0.0169. The number of halogens is 1. The number of hydrogen-bond donors (Lipinski definition) is 0. The molecule has 2 heterocycles. The second-order valence-electron chi connectivity index (χ2n) is 5.14. The third-order valence-electron chi connectivity index (χ3n) is 2.82. The molecule has 80 valence electrons. The van der Waals surface area contributed by atoms with Gasteiger partial charge in [0.15, 0.2) is 0 Å². The van der Waals surface area contributed by atoms with Crippen molar-refractivity contribution >= 4 is 6.09 Å². The fraction of sp³-hybridized carbons (Fsp3) is 0.900. The highest BCUT2D eigenvalue weighted by Gasteiger charge is 2.55. The molecule has 0 spiro atoms. The summed E-state index contributed by atoms with van der Waals surface area (Å²) >= 11 is 0. The highest BCUT2D eigenvalue weighted by Crippen LogP contribution is 2.43. The fourth-order valence-corrected chi connectivity index (χ4v) is 2.08. The summed E-state index contributed by atoms with van der Waals surface area (Å²) in [4.78, 5) is 13.1. The molecule has 0 N–H and O–H groups in total. The molecule has 2 saturated heterocycles. The van der Waals surface area contributed by atoms with Crippen molar-refractivity contribution in [1.29, 1.82) is 0 Å². The first-order valence-corrected chi connectivity index (χ1v) is 5.02. The van der Waals surface area contributed by atoms with Crippen LogP contribution in [0.1, 0.15) is 27.2 Å². The van der Waals surface area contributed by atoms with Crippen molar-refractivity contribution in [2.24, 2.45) is 5.92 Å². The molecule has 14 heavy (non-hydrogen) atoms. The van der Waals surface area contributed by atoms with Gasteiger partial charge >= 0.3 is 6.09 Å². The Morgan fingerprint density at radius 1 is 1.50 bits per heavy atom. The molecule has 2 aliphatic heterocycles. The van der Waals surface area contributed by atoms with Gasteiger partial charge in [0.25, 0.3) is 0 Å². The molecule has 3 rings (SSSR count). The number of amides is 1. The van der Waals surface area contributed by atoms with Gasteiger partial charge < -0.3 is 9.64 Å². The van der Waals surface area contributed by atoms with Crippen LogP contribution in [0.2, 0.25) is 0 Å². The molecule has 2 bridgehead atoms. The molecule has 3 atom stereocenters. The minimum absolute atomic E-state index is 0.0625. The lowest BCUT2D eigenvalue weighted by Gasteiger charge is -2.31. The Kier molecular flexibility index (Phi) is 1.98. The van der Waals surface area contributed by atoms with E-state index < -0.39 is 11.8 Å². The van der Waals surface area contributed by atoms with Gasteiger partial charge in [-0.2, -0.15) is 0 Å². The zero-order valence-electron chi connectivity index (χ0n) is 8.79. The first-order valence-electron chi connectivity index (χ1n) is 5.02. The van der Waals surface area contributed by atoms with Crippen LogP contribution in [0.15, 0.2) is 0 Å². The van der Waals surface area contributed by atoms with Crippen molar-refractivity contribution in [2.75, 3.05) is 6.54 Å². The lowest BCUT2D eigenvalue weighted by Crippen LogP contribution is -2.44. The fourth-order valence-electron chi connectivity index (χ4n) is 2.08. The Bertz CT molecular complexity index is 261. The molecule has 0 radical (unpaired) electrons. The molecule has 1 aliphatic carbocycles. The zero-order valence-corrected chi connectivity index (χ0v) is 8.79. The summed E-state index contributed by atoms with van der Waals surface area (Å²) in [5, 5.41) is 0. The quantitative estimate of drug-likeness (QED) is 0.599. The van der Waals surface area contributed by atoms with Crippen molar-refractivity contribution in [3.8, 4) is 0 Å². The van der Waals surface area contributed by atoms with E-state index >= 15 is 0 Å². The summed E-state index contributed by atoms with van der Waals surface area (Å²) in [6.45, 7) is 5.98. The van der Waals surface area contributed by atoms with Crippen molar-refractivity contribution in [3.05, 3.63) is 0 Å². The third kappa shape index (κ3) is 1.47. The smallest absolute Gasteiger partial charge is 0.410 e. The van der Waals surface area contributed by atoms with Gasteiger partial charge in [0, 0.05) is 12.5 Å². The third-order valence-corrected chi connectivity index (χ3v) is 2.82. The van der Waals surface area contributed by atoms with Crippen LogP contribution in [0.25, 0.3) is 0 Å². The molecule has 0 aromatic carbocycles. The molecule has 0 aromatic heterocycles. The predicted octanol–water partition coefficient (Wildman–Crippen LogP) is 1.96. The molecule has 3 unspecified atom stereocenters. The van der Waals surface area contributed by atoms with E-state index in [0.29, 0.717) is 6.54 Å². The van der Waals surface area contributed by atoms with Gasteiger partial charge in [0.1, 0.15) is 11.8 Å². The number of ether oxygens (including phenoxy) is 1. The topological polar surface area (TPSA) is 29.5 Å². The Balaban J connectivity index is 1.94. The van der Waals surface area contributed by atoms with Crippen LogP contribution in [0.4, 0.5) is 9.18 Å². The van der Waals surface area contributed by atoms with Crippen molar-refractivity contribution in [1.82, 2.24) is 4.90 Å². The monoisotopic (exact) mass is 201 g/mol. The Hall–Kier alpha value is -0.800. The maximum absolute atomic E-state index is 13.2. The van der Waals surface area contributed by atoms with E-state index in [-0.39, 0.29) is 18.1 Å². The van der Waals surface area contributed by atoms with Gasteiger partial charge in [-0.05, 0) is 27.2 Å². The van der Waals surface area contributed by atoms with E-state index in [0.717, 1.165) is 6.42 Å².